The maximum absolute atomic E-state index is 11.1. The van der Waals surface area contributed by atoms with Gasteiger partial charge in [0.15, 0.2) is 0 Å². The van der Waals surface area contributed by atoms with Crippen molar-refractivity contribution in [2.24, 2.45) is 0 Å². The van der Waals surface area contributed by atoms with Crippen LogP contribution in [-0.2, 0) is 4.79 Å². The zero-order valence-corrected chi connectivity index (χ0v) is 11.3. The molecule has 0 bridgehead atoms. The van der Waals surface area contributed by atoms with E-state index in [0.29, 0.717) is 18.5 Å². The quantitative estimate of drug-likeness (QED) is 0.646. The average Bonchev–Trinajstić information content (AvgIpc) is 3.11. The summed E-state index contributed by atoms with van der Waals surface area (Å²) >= 11 is 0. The molecule has 0 aromatic rings. The Hall–Kier alpha value is -0.610. The molecule has 17 heavy (non-hydrogen) atoms. The highest BCUT2D eigenvalue weighted by molar-refractivity contribution is 5.73. The van der Waals surface area contributed by atoms with Gasteiger partial charge in [0, 0.05) is 18.6 Å². The molecule has 4 nitrogen and oxygen atoms in total. The van der Waals surface area contributed by atoms with Crippen molar-refractivity contribution in [2.75, 3.05) is 13.1 Å². The third-order valence-corrected chi connectivity index (χ3v) is 3.64. The molecule has 1 rings (SSSR count). The van der Waals surface area contributed by atoms with Crippen molar-refractivity contribution < 1.29 is 9.90 Å². The Balaban J connectivity index is 2.35. The fourth-order valence-corrected chi connectivity index (χ4v) is 2.06. The van der Waals surface area contributed by atoms with Gasteiger partial charge in [0.1, 0.15) is 6.04 Å². The number of carbonyl (C=O) groups is 1. The third-order valence-electron chi connectivity index (χ3n) is 3.64. The summed E-state index contributed by atoms with van der Waals surface area (Å²) in [4.78, 5) is 13.5. The number of nitrogens with one attached hydrogen (secondary N) is 1. The van der Waals surface area contributed by atoms with E-state index in [1.165, 1.54) is 0 Å². The first-order valence-corrected chi connectivity index (χ1v) is 6.81. The molecule has 0 heterocycles. The van der Waals surface area contributed by atoms with E-state index in [4.69, 9.17) is 5.11 Å². The zero-order valence-electron chi connectivity index (χ0n) is 11.3. The summed E-state index contributed by atoms with van der Waals surface area (Å²) in [6.07, 6.45) is 4.07. The Morgan fingerprint density at radius 1 is 1.47 bits per heavy atom. The molecule has 1 aliphatic carbocycles. The van der Waals surface area contributed by atoms with E-state index in [0.717, 1.165) is 32.4 Å². The smallest absolute Gasteiger partial charge is 0.320 e. The fraction of sp³-hybridized carbons (Fsp3) is 0.923. The van der Waals surface area contributed by atoms with Gasteiger partial charge in [-0.1, -0.05) is 13.8 Å². The predicted octanol–water partition coefficient (Wildman–Crippen LogP) is 1.70. The number of hydrogen-bond acceptors (Lipinski definition) is 3. The van der Waals surface area contributed by atoms with Gasteiger partial charge in [0.05, 0.1) is 0 Å². The van der Waals surface area contributed by atoms with Gasteiger partial charge in [-0.05, 0) is 39.2 Å². The van der Waals surface area contributed by atoms with E-state index in [1.807, 2.05) is 0 Å². The molecular formula is C13H26N2O2. The zero-order chi connectivity index (χ0) is 12.8. The minimum Gasteiger partial charge on any atom is -0.480 e. The molecular weight excluding hydrogens is 216 g/mol. The van der Waals surface area contributed by atoms with Crippen molar-refractivity contribution in [1.29, 1.82) is 0 Å². The molecule has 0 radical (unpaired) electrons. The summed E-state index contributed by atoms with van der Waals surface area (Å²) in [6.45, 7) is 8.36. The Labute approximate surface area is 104 Å². The van der Waals surface area contributed by atoms with Crippen molar-refractivity contribution in [2.45, 2.75) is 64.6 Å². The van der Waals surface area contributed by atoms with Crippen molar-refractivity contribution in [3.05, 3.63) is 0 Å². The molecule has 0 aromatic carbocycles. The topological polar surface area (TPSA) is 52.6 Å². The summed E-state index contributed by atoms with van der Waals surface area (Å²) in [5.41, 5.74) is 0. The predicted molar refractivity (Wildman–Crippen MR) is 69.2 cm³/mol. The molecule has 4 heteroatoms. The molecule has 1 fully saturated rings. The van der Waals surface area contributed by atoms with Crippen LogP contribution in [0.4, 0.5) is 0 Å². The van der Waals surface area contributed by atoms with Crippen LogP contribution in [-0.4, -0.2) is 47.2 Å². The maximum Gasteiger partial charge on any atom is 0.320 e. The van der Waals surface area contributed by atoms with Gasteiger partial charge >= 0.3 is 5.97 Å². The molecule has 1 aliphatic rings. The van der Waals surface area contributed by atoms with E-state index in [-0.39, 0.29) is 6.04 Å². The summed E-state index contributed by atoms with van der Waals surface area (Å²) < 4.78 is 0. The van der Waals surface area contributed by atoms with Crippen LogP contribution >= 0.6 is 0 Å². The number of carboxylic acids is 1. The largest absolute Gasteiger partial charge is 0.480 e. The second-order valence-electron chi connectivity index (χ2n) is 5.01. The van der Waals surface area contributed by atoms with Crippen LogP contribution in [0, 0.1) is 0 Å². The highest BCUT2D eigenvalue weighted by Crippen LogP contribution is 2.20. The molecule has 2 atom stereocenters. The van der Waals surface area contributed by atoms with E-state index >= 15 is 0 Å². The molecule has 100 valence electrons. The van der Waals surface area contributed by atoms with Crippen LogP contribution in [0.2, 0.25) is 0 Å². The first kappa shape index (κ1) is 14.5. The minimum atomic E-state index is -0.711. The second kappa shape index (κ2) is 6.97. The molecule has 0 amide bonds. The molecule has 0 aliphatic heterocycles. The molecule has 0 spiro atoms. The summed E-state index contributed by atoms with van der Waals surface area (Å²) in [7, 11) is 0. The Kier molecular flexibility index (Phi) is 5.92. The van der Waals surface area contributed by atoms with Gasteiger partial charge in [-0.3, -0.25) is 4.79 Å². The van der Waals surface area contributed by atoms with Crippen molar-refractivity contribution in [1.82, 2.24) is 10.2 Å². The van der Waals surface area contributed by atoms with Crippen LogP contribution in [0.1, 0.15) is 46.5 Å². The van der Waals surface area contributed by atoms with E-state index in [2.05, 4.69) is 31.0 Å². The number of carboxylic acid groups (broad SMARTS) is 1. The summed E-state index contributed by atoms with van der Waals surface area (Å²) in [6, 6.07) is 0.616. The highest BCUT2D eigenvalue weighted by atomic mass is 16.4. The molecule has 0 aromatic heterocycles. The van der Waals surface area contributed by atoms with E-state index < -0.39 is 5.97 Å². The maximum atomic E-state index is 11.1. The van der Waals surface area contributed by atoms with Crippen LogP contribution in [0.25, 0.3) is 0 Å². The molecule has 2 unspecified atom stereocenters. The SMILES string of the molecule is CCC(C)N(CC)CCC(NC1CC1)C(=O)O. The van der Waals surface area contributed by atoms with Crippen LogP contribution in [0.3, 0.4) is 0 Å². The second-order valence-corrected chi connectivity index (χ2v) is 5.01. The monoisotopic (exact) mass is 242 g/mol. The van der Waals surface area contributed by atoms with Crippen LogP contribution < -0.4 is 5.32 Å². The lowest BCUT2D eigenvalue weighted by atomic mass is 10.1. The van der Waals surface area contributed by atoms with Gasteiger partial charge in [-0.15, -0.1) is 0 Å². The molecule has 0 saturated heterocycles. The fourth-order valence-electron chi connectivity index (χ4n) is 2.06. The lowest BCUT2D eigenvalue weighted by Crippen LogP contribution is -2.42. The summed E-state index contributed by atoms with van der Waals surface area (Å²) in [5, 5.41) is 12.4. The summed E-state index contributed by atoms with van der Waals surface area (Å²) in [5.74, 6) is -0.711. The molecule has 1 saturated carbocycles. The van der Waals surface area contributed by atoms with Crippen molar-refractivity contribution in [3.63, 3.8) is 0 Å². The number of nitrogens with zero attached hydrogens (tertiary/aromatic N) is 1. The minimum absolute atomic E-state index is 0.374. The van der Waals surface area contributed by atoms with E-state index in [9.17, 15) is 4.79 Å². The Morgan fingerprint density at radius 3 is 2.53 bits per heavy atom. The average molecular weight is 242 g/mol. The van der Waals surface area contributed by atoms with Gasteiger partial charge in [0.2, 0.25) is 0 Å². The van der Waals surface area contributed by atoms with Crippen LogP contribution in [0.15, 0.2) is 0 Å². The van der Waals surface area contributed by atoms with Gasteiger partial charge in [-0.2, -0.15) is 0 Å². The molecule has 2 N–H and O–H groups in total. The van der Waals surface area contributed by atoms with Crippen LogP contribution in [0.5, 0.6) is 0 Å². The lowest BCUT2D eigenvalue weighted by Gasteiger charge is -2.28. The standard InChI is InChI=1S/C13H26N2O2/c1-4-10(3)15(5-2)9-8-12(13(16)17)14-11-6-7-11/h10-12,14H,4-9H2,1-3H3,(H,16,17). The Morgan fingerprint density at radius 2 is 2.12 bits per heavy atom. The first-order valence-electron chi connectivity index (χ1n) is 6.81. The first-order chi connectivity index (χ1) is 8.08. The number of aliphatic carboxylic acids is 1. The lowest BCUT2D eigenvalue weighted by molar-refractivity contribution is -0.139. The normalized spacial score (nSPS) is 19.3. The van der Waals surface area contributed by atoms with E-state index in [1.54, 1.807) is 0 Å². The van der Waals surface area contributed by atoms with Gasteiger partial charge in [0.25, 0.3) is 0 Å². The van der Waals surface area contributed by atoms with Crippen molar-refractivity contribution in [3.8, 4) is 0 Å². The van der Waals surface area contributed by atoms with Crippen molar-refractivity contribution >= 4 is 5.97 Å². The third kappa shape index (κ3) is 5.04. The van der Waals surface area contributed by atoms with Gasteiger partial charge in [-0.25, -0.2) is 0 Å². The Bertz CT molecular complexity index is 242. The number of hydrogen-bond donors (Lipinski definition) is 2. The highest BCUT2D eigenvalue weighted by Gasteiger charge is 2.28. The number of rotatable bonds is 9. The van der Waals surface area contributed by atoms with Gasteiger partial charge < -0.3 is 15.3 Å².